The molecule has 2 unspecified atom stereocenters. The molecule has 0 N–H and O–H groups in total. The van der Waals surface area contributed by atoms with Gasteiger partial charge in [0.15, 0.2) is 0 Å². The molecule has 6 aromatic rings. The molecule has 2 heteroatoms. The molecule has 0 fully saturated rings. The Morgan fingerprint density at radius 3 is 1.20 bits per heavy atom. The standard InChI is InChI=1S/2C23H19.C2H7Si.Zr/c2*1-16-8-6-12-21(17(16)2)22-13-7-11-19-14-20(15-23(19)22)18-9-4-3-5-10-18;1-3-2;/h2*3-15H,1-2H3;3H,1-2H3;. The quantitative estimate of drug-likeness (QED) is 0.143. The molecule has 0 amide bonds. The fraction of sp³-hybridized carbons (Fsp3) is 0.167. The number of aryl methyl sites for hydroxylation is 2. The minimum atomic E-state index is -2.47. The van der Waals surface area contributed by atoms with Gasteiger partial charge >= 0.3 is 310 Å². The summed E-state index contributed by atoms with van der Waals surface area (Å²) in [5.74, 6) is -1.13. The van der Waals surface area contributed by atoms with Crippen LogP contribution in [0.15, 0.2) is 133 Å². The molecule has 2 aliphatic carbocycles. The number of fused-ring (bicyclic) bond motifs is 2. The topological polar surface area (TPSA) is 0 Å². The molecule has 2 aliphatic rings. The van der Waals surface area contributed by atoms with Gasteiger partial charge in [-0.15, -0.1) is 0 Å². The van der Waals surface area contributed by atoms with E-state index in [1.807, 2.05) is 0 Å². The summed E-state index contributed by atoms with van der Waals surface area (Å²) in [6.07, 6.45) is 5.22. The summed E-state index contributed by atoms with van der Waals surface area (Å²) in [5, 5.41) is 0. The van der Waals surface area contributed by atoms with Crippen LogP contribution in [0.4, 0.5) is 0 Å². The van der Waals surface area contributed by atoms with Gasteiger partial charge in [-0.25, -0.2) is 0 Å². The first-order valence-corrected chi connectivity index (χ1v) is 28.1. The molecule has 0 nitrogen and oxygen atoms in total. The van der Waals surface area contributed by atoms with E-state index in [0.717, 1.165) is 0 Å². The van der Waals surface area contributed by atoms with Crippen molar-refractivity contribution in [3.05, 3.63) is 189 Å². The first kappa shape index (κ1) is 33.1. The Kier molecular flexibility index (Phi) is 8.96. The maximum atomic E-state index is 2.68. The van der Waals surface area contributed by atoms with Gasteiger partial charge < -0.3 is 0 Å². The Hall–Kier alpha value is -4.10. The van der Waals surface area contributed by atoms with Crippen molar-refractivity contribution in [2.75, 3.05) is 0 Å². The van der Waals surface area contributed by atoms with Gasteiger partial charge in [0.25, 0.3) is 0 Å². The number of allylic oxidation sites excluding steroid dienone is 2. The van der Waals surface area contributed by atoms with Crippen LogP contribution in [0, 0.1) is 27.7 Å². The Balaban J connectivity index is 1.38. The van der Waals surface area contributed by atoms with E-state index in [1.54, 1.807) is 22.3 Å². The summed E-state index contributed by atoms with van der Waals surface area (Å²) in [6.45, 7) is 14.4. The summed E-state index contributed by atoms with van der Waals surface area (Å²) in [6, 6.07) is 50.7. The monoisotopic (exact) mass is 739 g/mol. The summed E-state index contributed by atoms with van der Waals surface area (Å²) in [5.41, 5.74) is 22.9. The Morgan fingerprint density at radius 2 is 0.800 bits per heavy atom. The van der Waals surface area contributed by atoms with E-state index in [1.165, 1.54) is 66.8 Å². The molecule has 0 bridgehead atoms. The Morgan fingerprint density at radius 1 is 0.420 bits per heavy atom. The van der Waals surface area contributed by atoms with Gasteiger partial charge in [0, 0.05) is 0 Å². The minimum absolute atomic E-state index is 0.485. The zero-order valence-corrected chi connectivity index (χ0v) is 33.7. The molecule has 50 heavy (non-hydrogen) atoms. The van der Waals surface area contributed by atoms with Gasteiger partial charge in [0.05, 0.1) is 0 Å². The Bertz CT molecular complexity index is 2130. The number of hydrogen-bond donors (Lipinski definition) is 0. The molecule has 8 rings (SSSR count). The second kappa shape index (κ2) is 13.6. The first-order valence-electron chi connectivity index (χ1n) is 18.1. The molecule has 6 aromatic carbocycles. The molecule has 245 valence electrons. The summed E-state index contributed by atoms with van der Waals surface area (Å²) >= 11 is -2.47. The number of hydrogen-bond acceptors (Lipinski definition) is 0. The summed E-state index contributed by atoms with van der Waals surface area (Å²) in [7, 11) is 0. The second-order valence-electron chi connectivity index (χ2n) is 14.6. The van der Waals surface area contributed by atoms with Gasteiger partial charge in [-0.3, -0.25) is 0 Å². The molecular formula is C48H45SiZr. The molecule has 0 spiro atoms. The van der Waals surface area contributed by atoms with E-state index >= 15 is 0 Å². The number of benzene rings is 6. The molecule has 0 saturated carbocycles. The van der Waals surface area contributed by atoms with Crippen LogP contribution < -0.4 is 0 Å². The van der Waals surface area contributed by atoms with Crippen LogP contribution in [-0.2, 0) is 20.9 Å². The average Bonchev–Trinajstić information content (AvgIpc) is 3.71. The van der Waals surface area contributed by atoms with Crippen molar-refractivity contribution in [1.29, 1.82) is 0 Å². The van der Waals surface area contributed by atoms with E-state index in [4.69, 9.17) is 0 Å². The molecule has 0 heterocycles. The molecule has 0 aliphatic heterocycles. The normalized spacial score (nSPS) is 16.2. The zero-order chi connectivity index (χ0) is 34.5. The molecule has 0 saturated heterocycles. The van der Waals surface area contributed by atoms with Crippen molar-refractivity contribution < 1.29 is 20.9 Å². The Labute approximate surface area is 307 Å². The van der Waals surface area contributed by atoms with Crippen LogP contribution in [0.2, 0.25) is 13.1 Å². The molecule has 0 aromatic heterocycles. The zero-order valence-electron chi connectivity index (χ0n) is 30.1. The molecular weight excluding hydrogens is 696 g/mol. The fourth-order valence-electron chi connectivity index (χ4n) is 8.67. The van der Waals surface area contributed by atoms with E-state index < -0.39 is 26.8 Å². The third-order valence-corrected chi connectivity index (χ3v) is 32.9. The van der Waals surface area contributed by atoms with Crippen LogP contribution in [0.25, 0.3) is 45.6 Å². The molecule has 0 radical (unpaired) electrons. The van der Waals surface area contributed by atoms with E-state index in [0.29, 0.717) is 7.25 Å². The van der Waals surface area contributed by atoms with Gasteiger partial charge in [0.2, 0.25) is 0 Å². The predicted octanol–water partition coefficient (Wildman–Crippen LogP) is 12.7. The van der Waals surface area contributed by atoms with Gasteiger partial charge in [-0.05, 0) is 0 Å². The van der Waals surface area contributed by atoms with Crippen molar-refractivity contribution in [3.8, 4) is 22.3 Å². The van der Waals surface area contributed by atoms with Crippen molar-refractivity contribution in [1.82, 2.24) is 0 Å². The molecule has 2 atom stereocenters. The van der Waals surface area contributed by atoms with Gasteiger partial charge in [0.1, 0.15) is 0 Å². The summed E-state index contributed by atoms with van der Waals surface area (Å²) in [4.78, 5) is 0. The van der Waals surface area contributed by atoms with Crippen LogP contribution in [0.3, 0.4) is 0 Å². The van der Waals surface area contributed by atoms with E-state index in [2.05, 4.69) is 186 Å². The number of rotatable bonds is 7. The predicted molar refractivity (Wildman–Crippen MR) is 216 cm³/mol. The van der Waals surface area contributed by atoms with Crippen molar-refractivity contribution in [3.63, 3.8) is 0 Å². The van der Waals surface area contributed by atoms with Crippen LogP contribution >= 0.6 is 0 Å². The first-order chi connectivity index (χ1) is 24.3. The van der Waals surface area contributed by atoms with Gasteiger partial charge in [-0.1, -0.05) is 0 Å². The van der Waals surface area contributed by atoms with Gasteiger partial charge in [-0.2, -0.15) is 0 Å². The maximum absolute atomic E-state index is 2.68. The van der Waals surface area contributed by atoms with Crippen LogP contribution in [-0.4, -0.2) is 5.92 Å². The van der Waals surface area contributed by atoms with E-state index in [-0.39, 0.29) is 0 Å². The summed E-state index contributed by atoms with van der Waals surface area (Å²) < 4.78 is 0.970. The van der Waals surface area contributed by atoms with Crippen molar-refractivity contribution in [2.24, 2.45) is 0 Å². The SMILES string of the molecule is Cc1cccc(-c2cccc3c2C=C(c2ccccc2)[CH]3[Zr]([CH]2C(c3ccccc3)=Cc3c(-c4cccc(C)c4C)cccc32)[SiH](C)C)c1C. The average molecular weight is 741 g/mol. The van der Waals surface area contributed by atoms with Crippen LogP contribution in [0.1, 0.15) is 62.9 Å². The van der Waals surface area contributed by atoms with Crippen molar-refractivity contribution >= 4 is 29.2 Å². The fourth-order valence-corrected chi connectivity index (χ4v) is 30.9. The van der Waals surface area contributed by atoms with E-state index in [9.17, 15) is 0 Å². The van der Waals surface area contributed by atoms with Crippen LogP contribution in [0.5, 0.6) is 0 Å². The second-order valence-corrected chi connectivity index (χ2v) is 34.6. The van der Waals surface area contributed by atoms with Crippen molar-refractivity contribution in [2.45, 2.75) is 48.0 Å². The third-order valence-electron chi connectivity index (χ3n) is 11.5. The third kappa shape index (κ3) is 5.62.